The van der Waals surface area contributed by atoms with Crippen molar-refractivity contribution in [2.24, 2.45) is 0 Å². The summed E-state index contributed by atoms with van der Waals surface area (Å²) in [6, 6.07) is 13.7. The van der Waals surface area contributed by atoms with Crippen LogP contribution in [0.4, 0.5) is 9.18 Å². The average molecular weight is 446 g/mol. The molecule has 0 spiro atoms. The number of benzene rings is 2. The zero-order valence-corrected chi connectivity index (χ0v) is 18.9. The number of hydrogen-bond acceptors (Lipinski definition) is 5. The number of carbonyl (C=O) groups is 1. The monoisotopic (exact) mass is 445 g/mol. The zero-order valence-electron chi connectivity index (χ0n) is 18.9. The number of aliphatic hydroxyl groups is 1. The molecular formula is C25H32FNO5. The van der Waals surface area contributed by atoms with E-state index in [1.165, 1.54) is 12.1 Å². The van der Waals surface area contributed by atoms with Crippen LogP contribution < -0.4 is 9.47 Å². The number of likely N-dealkylation sites (tertiary alicyclic amines) is 1. The quantitative estimate of drug-likeness (QED) is 0.623. The first-order chi connectivity index (χ1) is 15.2. The highest BCUT2D eigenvalue weighted by molar-refractivity contribution is 5.68. The standard InChI is InChI=1S/C25H32FNO5/c1-25(2,3)32-24(29)27-13-12-22(23(28)17-27)18-8-10-20(11-9-18)30-14-5-15-31-21-7-4-6-19(26)16-21/h4,6-11,16,22-23,28H,5,12-15,17H2,1-3H3. The highest BCUT2D eigenvalue weighted by Gasteiger charge is 2.33. The average Bonchev–Trinajstić information content (AvgIpc) is 2.73. The number of carbonyl (C=O) groups excluding carboxylic acids is 1. The molecule has 1 aliphatic rings. The lowest BCUT2D eigenvalue weighted by Crippen LogP contribution is -2.47. The van der Waals surface area contributed by atoms with E-state index >= 15 is 0 Å². The normalized spacial score (nSPS) is 18.8. The fraction of sp³-hybridized carbons (Fsp3) is 0.480. The Morgan fingerprint density at radius 1 is 1.09 bits per heavy atom. The molecule has 1 fully saturated rings. The van der Waals surface area contributed by atoms with E-state index in [0.29, 0.717) is 38.3 Å². The molecule has 2 atom stereocenters. The predicted octanol–water partition coefficient (Wildman–Crippen LogP) is 4.76. The summed E-state index contributed by atoms with van der Waals surface area (Å²) in [5.41, 5.74) is 0.462. The second-order valence-corrected chi connectivity index (χ2v) is 8.97. The molecule has 1 N–H and O–H groups in total. The number of aliphatic hydroxyl groups excluding tert-OH is 1. The summed E-state index contributed by atoms with van der Waals surface area (Å²) in [7, 11) is 0. The molecule has 2 aromatic rings. The van der Waals surface area contributed by atoms with Gasteiger partial charge in [0.2, 0.25) is 0 Å². The van der Waals surface area contributed by atoms with Crippen molar-refractivity contribution in [3.05, 3.63) is 59.9 Å². The van der Waals surface area contributed by atoms with E-state index in [4.69, 9.17) is 14.2 Å². The molecule has 0 aromatic heterocycles. The van der Waals surface area contributed by atoms with E-state index in [2.05, 4.69) is 0 Å². The molecule has 2 unspecified atom stereocenters. The number of β-amino-alcohol motifs (C(OH)–C–C–N with tert-alkyl or cyclic N) is 1. The third kappa shape index (κ3) is 7.12. The van der Waals surface area contributed by atoms with Crippen LogP contribution in [0, 0.1) is 5.82 Å². The molecule has 2 aromatic carbocycles. The number of rotatable bonds is 7. The first-order valence-electron chi connectivity index (χ1n) is 11.0. The van der Waals surface area contributed by atoms with E-state index in [1.807, 2.05) is 45.0 Å². The second kappa shape index (κ2) is 10.7. The minimum atomic E-state index is -0.650. The third-order valence-corrected chi connectivity index (χ3v) is 5.16. The molecule has 1 amide bonds. The van der Waals surface area contributed by atoms with Crippen LogP contribution >= 0.6 is 0 Å². The van der Waals surface area contributed by atoms with Crippen LogP contribution in [0.15, 0.2) is 48.5 Å². The molecule has 0 radical (unpaired) electrons. The maximum atomic E-state index is 13.1. The molecule has 0 saturated carbocycles. The Kier molecular flexibility index (Phi) is 7.96. The van der Waals surface area contributed by atoms with Gasteiger partial charge in [0.1, 0.15) is 22.9 Å². The summed E-state index contributed by atoms with van der Waals surface area (Å²) in [6.07, 6.45) is 0.293. The Bertz CT molecular complexity index is 881. The van der Waals surface area contributed by atoms with Gasteiger partial charge in [-0.15, -0.1) is 0 Å². The van der Waals surface area contributed by atoms with Crippen molar-refractivity contribution in [2.45, 2.75) is 51.2 Å². The van der Waals surface area contributed by atoms with Crippen molar-refractivity contribution >= 4 is 6.09 Å². The van der Waals surface area contributed by atoms with Gasteiger partial charge in [0.15, 0.2) is 0 Å². The lowest BCUT2D eigenvalue weighted by Gasteiger charge is -2.36. The molecule has 7 heteroatoms. The Morgan fingerprint density at radius 3 is 2.41 bits per heavy atom. The number of hydrogen-bond donors (Lipinski definition) is 1. The lowest BCUT2D eigenvalue weighted by molar-refractivity contribution is -0.00152. The third-order valence-electron chi connectivity index (χ3n) is 5.16. The van der Waals surface area contributed by atoms with E-state index in [-0.39, 0.29) is 24.4 Å². The Hall–Kier alpha value is -2.80. The Labute approximate surface area is 188 Å². The lowest BCUT2D eigenvalue weighted by atomic mass is 9.87. The molecule has 1 saturated heterocycles. The van der Waals surface area contributed by atoms with E-state index < -0.39 is 11.7 Å². The van der Waals surface area contributed by atoms with Gasteiger partial charge in [-0.25, -0.2) is 9.18 Å². The van der Waals surface area contributed by atoms with Crippen LogP contribution in [0.25, 0.3) is 0 Å². The van der Waals surface area contributed by atoms with Crippen molar-refractivity contribution in [1.29, 1.82) is 0 Å². The summed E-state index contributed by atoms with van der Waals surface area (Å²) in [5.74, 6) is 0.882. The molecule has 0 aliphatic carbocycles. The van der Waals surface area contributed by atoms with E-state index in [0.717, 1.165) is 11.3 Å². The van der Waals surface area contributed by atoms with Crippen molar-refractivity contribution in [2.75, 3.05) is 26.3 Å². The second-order valence-electron chi connectivity index (χ2n) is 8.97. The van der Waals surface area contributed by atoms with Crippen molar-refractivity contribution in [3.63, 3.8) is 0 Å². The van der Waals surface area contributed by atoms with Crippen molar-refractivity contribution in [3.8, 4) is 11.5 Å². The largest absolute Gasteiger partial charge is 0.493 e. The fourth-order valence-corrected chi connectivity index (χ4v) is 3.62. The van der Waals surface area contributed by atoms with Gasteiger partial charge in [0.25, 0.3) is 0 Å². The molecule has 32 heavy (non-hydrogen) atoms. The van der Waals surface area contributed by atoms with Gasteiger partial charge in [-0.2, -0.15) is 0 Å². The first-order valence-corrected chi connectivity index (χ1v) is 11.0. The minimum absolute atomic E-state index is 0.0394. The van der Waals surface area contributed by atoms with Crippen molar-refractivity contribution < 1.29 is 28.5 Å². The molecule has 3 rings (SSSR count). The maximum absolute atomic E-state index is 13.1. The van der Waals surface area contributed by atoms with Gasteiger partial charge in [-0.1, -0.05) is 18.2 Å². The van der Waals surface area contributed by atoms with Gasteiger partial charge in [-0.05, 0) is 57.0 Å². The molecule has 1 heterocycles. The van der Waals surface area contributed by atoms with Crippen molar-refractivity contribution in [1.82, 2.24) is 4.90 Å². The SMILES string of the molecule is CC(C)(C)OC(=O)N1CCC(c2ccc(OCCCOc3cccc(F)c3)cc2)C(O)C1. The first kappa shape index (κ1) is 23.9. The minimum Gasteiger partial charge on any atom is -0.493 e. The molecule has 174 valence electrons. The molecule has 0 bridgehead atoms. The van der Waals surface area contributed by atoms with Crippen LogP contribution in [-0.4, -0.2) is 54.1 Å². The summed E-state index contributed by atoms with van der Waals surface area (Å²) < 4.78 is 29.8. The van der Waals surface area contributed by atoms with Gasteiger partial charge >= 0.3 is 6.09 Å². The van der Waals surface area contributed by atoms with Crippen LogP contribution in [0.1, 0.15) is 45.1 Å². The number of halogens is 1. The predicted molar refractivity (Wildman–Crippen MR) is 120 cm³/mol. The number of nitrogens with zero attached hydrogens (tertiary/aromatic N) is 1. The highest BCUT2D eigenvalue weighted by Crippen LogP contribution is 2.30. The summed E-state index contributed by atoms with van der Waals surface area (Å²) in [5, 5.41) is 10.6. The maximum Gasteiger partial charge on any atom is 0.410 e. The number of ether oxygens (including phenoxy) is 3. The molecule has 1 aliphatic heterocycles. The summed E-state index contributed by atoms with van der Waals surface area (Å²) >= 11 is 0. The van der Waals surface area contributed by atoms with Gasteiger partial charge in [0.05, 0.1) is 25.9 Å². The Morgan fingerprint density at radius 2 is 1.78 bits per heavy atom. The smallest absolute Gasteiger partial charge is 0.410 e. The Balaban J connectivity index is 1.42. The van der Waals surface area contributed by atoms with Gasteiger partial charge < -0.3 is 24.2 Å². The van der Waals surface area contributed by atoms with E-state index in [1.54, 1.807) is 17.0 Å². The molecule has 6 nitrogen and oxygen atoms in total. The fourth-order valence-electron chi connectivity index (χ4n) is 3.62. The summed E-state index contributed by atoms with van der Waals surface area (Å²) in [4.78, 5) is 13.8. The topological polar surface area (TPSA) is 68.2 Å². The van der Waals surface area contributed by atoms with E-state index in [9.17, 15) is 14.3 Å². The molecular weight excluding hydrogens is 413 g/mol. The number of piperidine rings is 1. The van der Waals surface area contributed by atoms with Gasteiger partial charge in [-0.3, -0.25) is 0 Å². The number of amides is 1. The zero-order chi connectivity index (χ0) is 23.1. The van der Waals surface area contributed by atoms with Gasteiger partial charge in [0, 0.05) is 24.9 Å². The van der Waals surface area contributed by atoms with Crippen LogP contribution in [0.3, 0.4) is 0 Å². The van der Waals surface area contributed by atoms with Crippen LogP contribution in [-0.2, 0) is 4.74 Å². The highest BCUT2D eigenvalue weighted by atomic mass is 19.1. The summed E-state index contributed by atoms with van der Waals surface area (Å²) in [6.45, 7) is 7.19. The van der Waals surface area contributed by atoms with Crippen LogP contribution in [0.2, 0.25) is 0 Å². The van der Waals surface area contributed by atoms with Crippen LogP contribution in [0.5, 0.6) is 11.5 Å².